The molecule has 0 radical (unpaired) electrons. The molecule has 2 fully saturated rings. The lowest BCUT2D eigenvalue weighted by Crippen LogP contribution is -2.62. The standard InChI is InChI=1S/C45H59N3O13/c1-45(2,3)61-44(56)46-33(24-27-9-5-4-6-10-27)35(59-43-39(52)37(50)38(51)40(60-43)42(54)55)26-30(41(53)47-36-32-12-8-7-11-29(32)25-34(36)49)23-28-13-15-31(16-14-28)58-22-19-48-17-20-57-21-18-48/h4-16,30,33-40,43,49-52H,17-26H2,1-3H3,(H,46,56)(H,47,53)(H,54,55)/t30-,33+,34-,35+,36+,37+,38+,39-,40+,43-/m1/s1. The van der Waals surface area contributed by atoms with E-state index in [1.165, 1.54) is 0 Å². The number of benzene rings is 3. The van der Waals surface area contributed by atoms with Crippen molar-refractivity contribution in [2.24, 2.45) is 5.92 Å². The number of aliphatic carboxylic acids is 1. The Morgan fingerprint density at radius 3 is 2.21 bits per heavy atom. The third-order valence-electron chi connectivity index (χ3n) is 11.1. The summed E-state index contributed by atoms with van der Waals surface area (Å²) < 4.78 is 29.1. The monoisotopic (exact) mass is 849 g/mol. The molecule has 61 heavy (non-hydrogen) atoms. The molecular formula is C45H59N3O13. The molecule has 332 valence electrons. The molecule has 0 unspecified atom stereocenters. The SMILES string of the molecule is CC(C)(C)OC(=O)N[C@@H](Cc1ccccc1)[C@H](C[C@@H](Cc1ccc(OCCN2CCOCC2)cc1)C(=O)N[C@H]1c2ccccc2C[C@H]1O)O[C@@H]1O[C@H](C(=O)O)[C@@H](O)[C@H](O)[C@H]1O. The topological polar surface area (TPSA) is 226 Å². The molecule has 3 aromatic rings. The number of aliphatic hydroxyl groups is 4. The van der Waals surface area contributed by atoms with Crippen molar-refractivity contribution >= 4 is 18.0 Å². The van der Waals surface area contributed by atoms with Crippen LogP contribution in [-0.2, 0) is 47.8 Å². The first-order valence-corrected chi connectivity index (χ1v) is 20.8. The van der Waals surface area contributed by atoms with E-state index in [0.29, 0.717) is 32.0 Å². The molecule has 2 heterocycles. The summed E-state index contributed by atoms with van der Waals surface area (Å²) >= 11 is 0. The van der Waals surface area contributed by atoms with Gasteiger partial charge in [-0.3, -0.25) is 9.69 Å². The Labute approximate surface area is 355 Å². The molecule has 0 aromatic heterocycles. The van der Waals surface area contributed by atoms with Crippen LogP contribution in [0.1, 0.15) is 55.5 Å². The highest BCUT2D eigenvalue weighted by Gasteiger charge is 2.49. The number of hydrogen-bond donors (Lipinski definition) is 7. The number of carboxylic acid groups (broad SMARTS) is 1. The second-order valence-electron chi connectivity index (χ2n) is 16.9. The largest absolute Gasteiger partial charge is 0.492 e. The van der Waals surface area contributed by atoms with Crippen molar-refractivity contribution < 1.29 is 63.6 Å². The third-order valence-corrected chi connectivity index (χ3v) is 11.1. The van der Waals surface area contributed by atoms with Crippen molar-refractivity contribution in [2.75, 3.05) is 39.5 Å². The fourth-order valence-electron chi connectivity index (χ4n) is 7.96. The number of rotatable bonds is 17. The van der Waals surface area contributed by atoms with E-state index in [2.05, 4.69) is 15.5 Å². The molecule has 3 aromatic carbocycles. The first-order valence-electron chi connectivity index (χ1n) is 20.8. The maximum Gasteiger partial charge on any atom is 0.407 e. The van der Waals surface area contributed by atoms with Crippen LogP contribution in [-0.4, -0.2) is 142 Å². The van der Waals surface area contributed by atoms with Gasteiger partial charge in [0.1, 0.15) is 36.3 Å². The summed E-state index contributed by atoms with van der Waals surface area (Å²) in [5.41, 5.74) is 2.31. The van der Waals surface area contributed by atoms with Crippen molar-refractivity contribution in [3.63, 3.8) is 0 Å². The molecule has 1 aliphatic carbocycles. The van der Waals surface area contributed by atoms with Gasteiger partial charge in [0, 0.05) is 32.0 Å². The molecule has 0 saturated carbocycles. The zero-order chi connectivity index (χ0) is 43.7. The molecule has 2 saturated heterocycles. The van der Waals surface area contributed by atoms with Gasteiger partial charge < -0.3 is 59.9 Å². The second-order valence-corrected chi connectivity index (χ2v) is 16.9. The number of nitrogens with one attached hydrogen (secondary N) is 2. The zero-order valence-corrected chi connectivity index (χ0v) is 34.8. The van der Waals surface area contributed by atoms with Crippen molar-refractivity contribution in [2.45, 2.75) is 107 Å². The molecule has 2 aliphatic heterocycles. The van der Waals surface area contributed by atoms with Gasteiger partial charge in [0.2, 0.25) is 5.91 Å². The van der Waals surface area contributed by atoms with E-state index in [1.807, 2.05) is 78.9 Å². The van der Waals surface area contributed by atoms with Gasteiger partial charge in [0.15, 0.2) is 12.4 Å². The van der Waals surface area contributed by atoms with Gasteiger partial charge in [-0.2, -0.15) is 0 Å². The first kappa shape index (κ1) is 45.9. The van der Waals surface area contributed by atoms with Crippen LogP contribution in [0.3, 0.4) is 0 Å². The normalized spacial score (nSPS) is 25.7. The number of amides is 2. The maximum absolute atomic E-state index is 14.7. The van der Waals surface area contributed by atoms with Gasteiger partial charge >= 0.3 is 12.1 Å². The number of nitrogens with zero attached hydrogens (tertiary/aromatic N) is 1. The highest BCUT2D eigenvalue weighted by Crippen LogP contribution is 2.33. The van der Waals surface area contributed by atoms with E-state index in [1.54, 1.807) is 20.8 Å². The van der Waals surface area contributed by atoms with Crippen molar-refractivity contribution in [1.82, 2.24) is 15.5 Å². The zero-order valence-electron chi connectivity index (χ0n) is 34.8. The second kappa shape index (κ2) is 20.9. The predicted octanol–water partition coefficient (Wildman–Crippen LogP) is 2.13. The number of ether oxygens (including phenoxy) is 5. The number of fused-ring (bicyclic) bond motifs is 1. The van der Waals surface area contributed by atoms with Gasteiger partial charge in [-0.25, -0.2) is 9.59 Å². The summed E-state index contributed by atoms with van der Waals surface area (Å²) in [5.74, 6) is -2.33. The quantitative estimate of drug-likeness (QED) is 0.103. The smallest absolute Gasteiger partial charge is 0.407 e. The molecule has 0 spiro atoms. The Kier molecular flexibility index (Phi) is 15.7. The molecule has 0 bridgehead atoms. The number of carbonyl (C=O) groups is 3. The average Bonchev–Trinajstić information content (AvgIpc) is 3.54. The minimum atomic E-state index is -1.98. The van der Waals surface area contributed by atoms with Crippen LogP contribution < -0.4 is 15.4 Å². The lowest BCUT2D eigenvalue weighted by atomic mass is 9.88. The summed E-state index contributed by atoms with van der Waals surface area (Å²) in [6, 6.07) is 22.2. The Balaban J connectivity index is 1.32. The molecule has 6 rings (SSSR count). The van der Waals surface area contributed by atoms with E-state index < -0.39 is 84.5 Å². The number of aliphatic hydroxyl groups excluding tert-OH is 4. The van der Waals surface area contributed by atoms with Gasteiger partial charge in [0.05, 0.1) is 37.5 Å². The van der Waals surface area contributed by atoms with E-state index in [9.17, 15) is 39.9 Å². The molecule has 16 heteroatoms. The van der Waals surface area contributed by atoms with Gasteiger partial charge in [-0.15, -0.1) is 0 Å². The number of carbonyl (C=O) groups excluding carboxylic acids is 2. The van der Waals surface area contributed by atoms with Gasteiger partial charge in [0.25, 0.3) is 0 Å². The van der Waals surface area contributed by atoms with E-state index in [4.69, 9.17) is 23.7 Å². The lowest BCUT2D eigenvalue weighted by Gasteiger charge is -2.41. The first-order chi connectivity index (χ1) is 29.1. The summed E-state index contributed by atoms with van der Waals surface area (Å²) in [7, 11) is 0. The molecule has 10 atom stereocenters. The van der Waals surface area contributed by atoms with Crippen LogP contribution in [0.4, 0.5) is 4.79 Å². The van der Waals surface area contributed by atoms with Crippen molar-refractivity contribution in [3.05, 3.63) is 101 Å². The van der Waals surface area contributed by atoms with Crippen LogP contribution in [0.5, 0.6) is 5.75 Å². The Morgan fingerprint density at radius 2 is 1.52 bits per heavy atom. The fourth-order valence-corrected chi connectivity index (χ4v) is 7.96. The molecule has 2 amide bonds. The van der Waals surface area contributed by atoms with Crippen LogP contribution in [0, 0.1) is 5.92 Å². The number of morpholine rings is 1. The fraction of sp³-hybridized carbons (Fsp3) is 0.533. The van der Waals surface area contributed by atoms with Crippen LogP contribution in [0.25, 0.3) is 0 Å². The minimum absolute atomic E-state index is 0.126. The summed E-state index contributed by atoms with van der Waals surface area (Å²) in [6.07, 6.45) is -12.1. The Morgan fingerprint density at radius 1 is 0.852 bits per heavy atom. The van der Waals surface area contributed by atoms with Crippen molar-refractivity contribution in [3.8, 4) is 5.75 Å². The molecule has 7 N–H and O–H groups in total. The number of alkyl carbamates (subject to hydrolysis) is 1. The van der Waals surface area contributed by atoms with E-state index >= 15 is 0 Å². The minimum Gasteiger partial charge on any atom is -0.492 e. The Hall–Kier alpha value is -4.65. The van der Waals surface area contributed by atoms with Crippen LogP contribution in [0.15, 0.2) is 78.9 Å². The maximum atomic E-state index is 14.7. The lowest BCUT2D eigenvalue weighted by molar-refractivity contribution is -0.307. The van der Waals surface area contributed by atoms with E-state index in [0.717, 1.165) is 41.9 Å². The number of carboxylic acids is 1. The molecule has 16 nitrogen and oxygen atoms in total. The Bertz CT molecular complexity index is 1890. The van der Waals surface area contributed by atoms with Crippen LogP contribution >= 0.6 is 0 Å². The summed E-state index contributed by atoms with van der Waals surface area (Å²) in [4.78, 5) is 42.6. The number of hydrogen-bond acceptors (Lipinski definition) is 13. The van der Waals surface area contributed by atoms with Gasteiger partial charge in [-0.05, 0) is 74.4 Å². The molecule has 3 aliphatic rings. The molecular weight excluding hydrogens is 791 g/mol. The van der Waals surface area contributed by atoms with E-state index in [-0.39, 0.29) is 19.3 Å². The summed E-state index contributed by atoms with van der Waals surface area (Å²) in [5, 5.41) is 59.3. The van der Waals surface area contributed by atoms with Crippen molar-refractivity contribution in [1.29, 1.82) is 0 Å². The highest BCUT2D eigenvalue weighted by molar-refractivity contribution is 5.80. The van der Waals surface area contributed by atoms with Gasteiger partial charge in [-0.1, -0.05) is 66.7 Å². The predicted molar refractivity (Wildman–Crippen MR) is 221 cm³/mol. The summed E-state index contributed by atoms with van der Waals surface area (Å²) in [6.45, 7) is 9.39. The highest BCUT2D eigenvalue weighted by atomic mass is 16.7. The van der Waals surface area contributed by atoms with Crippen LogP contribution in [0.2, 0.25) is 0 Å². The third kappa shape index (κ3) is 12.7. The average molecular weight is 850 g/mol.